The van der Waals surface area contributed by atoms with Gasteiger partial charge < -0.3 is 0 Å². The maximum absolute atomic E-state index is 7.61. The van der Waals surface area contributed by atoms with Crippen molar-refractivity contribution in [3.8, 4) is 6.07 Å². The van der Waals surface area contributed by atoms with E-state index in [1.54, 1.807) is 6.07 Å². The summed E-state index contributed by atoms with van der Waals surface area (Å²) >= 11 is 4.58. The van der Waals surface area contributed by atoms with Gasteiger partial charge in [0.25, 0.3) is 0 Å². The highest BCUT2D eigenvalue weighted by Gasteiger charge is 1.66. The van der Waals surface area contributed by atoms with Gasteiger partial charge in [-0.3, -0.25) is 4.29 Å². The van der Waals surface area contributed by atoms with Crippen LogP contribution in [0.5, 0.6) is 0 Å². The van der Waals surface area contributed by atoms with Crippen molar-refractivity contribution in [2.24, 2.45) is 0 Å². The van der Waals surface area contributed by atoms with Crippen molar-refractivity contribution in [1.29, 1.82) is 5.26 Å². The Morgan fingerprint density at radius 3 is 2.60 bits per heavy atom. The van der Waals surface area contributed by atoms with E-state index in [1.165, 1.54) is 0 Å². The predicted octanol–water partition coefficient (Wildman–Crippen LogP) is 0.680. The van der Waals surface area contributed by atoms with Crippen LogP contribution < -0.4 is 0 Å². The molecule has 0 bridgehead atoms. The summed E-state index contributed by atoms with van der Waals surface area (Å²) in [5.74, 6) is 0. The number of hydrogen-bond acceptors (Lipinski definition) is 2. The zero-order valence-electron chi connectivity index (χ0n) is 2.44. The first-order valence-electron chi connectivity index (χ1n) is 1.02. The molecule has 0 aromatic rings. The molecule has 28 valence electrons. The lowest BCUT2D eigenvalue weighted by molar-refractivity contribution is 0.410. The first-order valence-corrected chi connectivity index (χ1v) is 1.33. The van der Waals surface area contributed by atoms with Gasteiger partial charge >= 0.3 is 0 Å². The highest BCUT2D eigenvalue weighted by molar-refractivity contribution is 6.07. The Kier molecular flexibility index (Phi) is 3.55. The van der Waals surface area contributed by atoms with Crippen LogP contribution in [0.15, 0.2) is 0 Å². The van der Waals surface area contributed by atoms with Gasteiger partial charge in [-0.05, 0) is 0 Å². The Morgan fingerprint density at radius 1 is 2.00 bits per heavy atom. The molecule has 3 heteroatoms. The summed E-state index contributed by atoms with van der Waals surface area (Å²) in [7, 11) is 0. The van der Waals surface area contributed by atoms with E-state index in [4.69, 9.17) is 5.26 Å². The van der Waals surface area contributed by atoms with Gasteiger partial charge in [0.15, 0.2) is 6.61 Å². The first kappa shape index (κ1) is 4.74. The maximum atomic E-state index is 7.61. The van der Waals surface area contributed by atoms with Crippen LogP contribution in [-0.4, -0.2) is 6.61 Å². The van der Waals surface area contributed by atoms with Crippen molar-refractivity contribution < 1.29 is 4.29 Å². The molecule has 5 heavy (non-hydrogen) atoms. The summed E-state index contributed by atoms with van der Waals surface area (Å²) in [5.41, 5.74) is 0. The van der Waals surface area contributed by atoms with Crippen LogP contribution in [0.25, 0.3) is 0 Å². The molecule has 0 atom stereocenters. The van der Waals surface area contributed by atoms with E-state index in [0.29, 0.717) is 0 Å². The van der Waals surface area contributed by atoms with Crippen molar-refractivity contribution in [2.45, 2.75) is 0 Å². The molecule has 0 unspecified atom stereocenters. The van der Waals surface area contributed by atoms with Gasteiger partial charge in [0.1, 0.15) is 0 Å². The molecule has 0 fully saturated rings. The second kappa shape index (κ2) is 3.74. The Morgan fingerprint density at radius 2 is 2.60 bits per heavy atom. The first-order chi connectivity index (χ1) is 2.41. The molecule has 0 saturated carbocycles. The summed E-state index contributed by atoms with van der Waals surface area (Å²) in [6.07, 6.45) is 0. The van der Waals surface area contributed by atoms with Gasteiger partial charge in [0, 0.05) is 0 Å². The monoisotopic (exact) mass is 91.0 g/mol. The molecule has 0 spiro atoms. The van der Waals surface area contributed by atoms with Crippen molar-refractivity contribution in [3.63, 3.8) is 0 Å². The third-order valence-corrected chi connectivity index (χ3v) is 0.228. The van der Waals surface area contributed by atoms with E-state index >= 15 is 0 Å². The van der Waals surface area contributed by atoms with Gasteiger partial charge in [0.2, 0.25) is 0 Å². The van der Waals surface area contributed by atoms with E-state index in [9.17, 15) is 0 Å². The number of hydrogen-bond donors (Lipinski definition) is 0. The van der Waals surface area contributed by atoms with Gasteiger partial charge in [-0.25, -0.2) is 0 Å². The van der Waals surface area contributed by atoms with E-state index in [2.05, 4.69) is 16.2 Å². The summed E-state index contributed by atoms with van der Waals surface area (Å²) in [4.78, 5) is 0. The average molecular weight is 91.5 g/mol. The Bertz CT molecular complexity index is 48.1. The maximum Gasteiger partial charge on any atom is 0.155 e. The molecule has 0 aromatic carbocycles. The molecule has 2 nitrogen and oxygen atoms in total. The standard InChI is InChI=1S/C2H2ClNO/c3-5-2-1-4/h2H2. The summed E-state index contributed by atoms with van der Waals surface area (Å²) in [6.45, 7) is -0.0401. The third-order valence-electron chi connectivity index (χ3n) is 0.119. The zero-order chi connectivity index (χ0) is 4.12. The second-order valence-corrected chi connectivity index (χ2v) is 0.630. The number of nitrogens with zero attached hydrogens (tertiary/aromatic N) is 1. The summed E-state index contributed by atoms with van der Waals surface area (Å²) < 4.78 is 3.80. The van der Waals surface area contributed by atoms with Crippen LogP contribution >= 0.6 is 11.9 Å². The van der Waals surface area contributed by atoms with Gasteiger partial charge in [-0.1, -0.05) is 0 Å². The molecule has 0 rings (SSSR count). The number of halogens is 1. The SMILES string of the molecule is N#CCOCl. The van der Waals surface area contributed by atoms with Crippen LogP contribution in [0.2, 0.25) is 0 Å². The van der Waals surface area contributed by atoms with Crippen LogP contribution in [0.4, 0.5) is 0 Å². The highest BCUT2D eigenvalue weighted by Crippen LogP contribution is 1.71. The van der Waals surface area contributed by atoms with Gasteiger partial charge in [-0.15, -0.1) is 0 Å². The molecule has 0 amide bonds. The minimum atomic E-state index is -0.0401. The van der Waals surface area contributed by atoms with Crippen LogP contribution in [0.3, 0.4) is 0 Å². The minimum Gasteiger partial charge on any atom is -0.264 e. The number of nitriles is 1. The summed E-state index contributed by atoms with van der Waals surface area (Å²) in [5, 5.41) is 7.61. The summed E-state index contributed by atoms with van der Waals surface area (Å²) in [6, 6.07) is 1.66. The average Bonchev–Trinajstić information content (AvgIpc) is 1.41. The number of rotatable bonds is 1. The molecule has 0 saturated heterocycles. The normalized spacial score (nSPS) is 6.40. The van der Waals surface area contributed by atoms with E-state index in [-0.39, 0.29) is 6.61 Å². The smallest absolute Gasteiger partial charge is 0.155 e. The van der Waals surface area contributed by atoms with Crippen molar-refractivity contribution >= 4 is 11.9 Å². The Balaban J connectivity index is 2.48. The van der Waals surface area contributed by atoms with Crippen molar-refractivity contribution in [3.05, 3.63) is 0 Å². The molecule has 0 aliphatic carbocycles. The zero-order valence-corrected chi connectivity index (χ0v) is 3.20. The van der Waals surface area contributed by atoms with Crippen molar-refractivity contribution in [2.75, 3.05) is 6.61 Å². The predicted molar refractivity (Wildman–Crippen MR) is 17.4 cm³/mol. The van der Waals surface area contributed by atoms with Gasteiger partial charge in [0.05, 0.1) is 17.9 Å². The fourth-order valence-electron chi connectivity index (χ4n) is 0.0244. The molecule has 0 aliphatic rings. The minimum absolute atomic E-state index is 0.0401. The Hall–Kier alpha value is -0.260. The highest BCUT2D eigenvalue weighted by atomic mass is 35.5. The van der Waals surface area contributed by atoms with Gasteiger partial charge in [-0.2, -0.15) is 5.26 Å². The van der Waals surface area contributed by atoms with Crippen LogP contribution in [0.1, 0.15) is 0 Å². The van der Waals surface area contributed by atoms with E-state index in [0.717, 1.165) is 0 Å². The fraction of sp³-hybridized carbons (Fsp3) is 0.500. The van der Waals surface area contributed by atoms with E-state index < -0.39 is 0 Å². The quantitative estimate of drug-likeness (QED) is 0.475. The molecule has 0 heterocycles. The topological polar surface area (TPSA) is 33.0 Å². The van der Waals surface area contributed by atoms with E-state index in [1.807, 2.05) is 0 Å². The molecule has 0 radical (unpaired) electrons. The lowest BCUT2D eigenvalue weighted by atomic mass is 10.9. The fourth-order valence-corrected chi connectivity index (χ4v) is 0.0732. The second-order valence-electron chi connectivity index (χ2n) is 0.412. The third kappa shape index (κ3) is 3.74. The van der Waals surface area contributed by atoms with Crippen LogP contribution in [-0.2, 0) is 4.29 Å². The van der Waals surface area contributed by atoms with Crippen LogP contribution in [0, 0.1) is 11.3 Å². The van der Waals surface area contributed by atoms with Crippen molar-refractivity contribution in [1.82, 2.24) is 0 Å². The lowest BCUT2D eigenvalue weighted by Gasteiger charge is -1.68. The molecule has 0 aliphatic heterocycles. The molecule has 0 aromatic heterocycles. The lowest BCUT2D eigenvalue weighted by Crippen LogP contribution is -1.70. The Labute approximate surface area is 35.1 Å². The molecular formula is C2H2ClNO. The molecular weight excluding hydrogens is 89.5 g/mol. The molecule has 0 N–H and O–H groups in total. The largest absolute Gasteiger partial charge is 0.264 e.